The maximum absolute atomic E-state index is 5.62. The number of fused-ring (bicyclic) bond motifs is 2. The highest BCUT2D eigenvalue weighted by Gasteiger charge is 2.29. The third kappa shape index (κ3) is 3.22. The highest BCUT2D eigenvalue weighted by Crippen LogP contribution is 2.39. The van der Waals surface area contributed by atoms with Crippen LogP contribution < -0.4 is 15.0 Å². The van der Waals surface area contributed by atoms with Crippen molar-refractivity contribution in [3.63, 3.8) is 0 Å². The van der Waals surface area contributed by atoms with E-state index in [0.29, 0.717) is 12.5 Å². The normalized spacial score (nSPS) is 15.3. The summed E-state index contributed by atoms with van der Waals surface area (Å²) in [6, 6.07) is 25.1. The number of nitrogens with zero attached hydrogens (tertiary/aromatic N) is 3. The van der Waals surface area contributed by atoms with Crippen LogP contribution in [0.3, 0.4) is 0 Å². The van der Waals surface area contributed by atoms with Crippen molar-refractivity contribution < 1.29 is 4.74 Å². The lowest BCUT2D eigenvalue weighted by atomic mass is 10.1. The Hall–Kier alpha value is -3.60. The fourth-order valence-electron chi connectivity index (χ4n) is 4.17. The van der Waals surface area contributed by atoms with Gasteiger partial charge >= 0.3 is 0 Å². The van der Waals surface area contributed by atoms with Gasteiger partial charge in [0, 0.05) is 23.7 Å². The predicted octanol–water partition coefficient (Wildman–Crippen LogP) is 5.33. The number of ether oxygens (including phenoxy) is 1. The Bertz CT molecular complexity index is 1190. The molecule has 1 unspecified atom stereocenters. The van der Waals surface area contributed by atoms with Crippen molar-refractivity contribution in [3.8, 4) is 5.75 Å². The molecule has 4 aromatic rings. The van der Waals surface area contributed by atoms with Crippen LogP contribution in [0.4, 0.5) is 17.5 Å². The number of anilines is 3. The molecule has 1 aliphatic heterocycles. The molecule has 0 radical (unpaired) electrons. The first-order valence-corrected chi connectivity index (χ1v) is 10.2. The fourth-order valence-corrected chi connectivity index (χ4v) is 4.17. The largest absolute Gasteiger partial charge is 0.494 e. The summed E-state index contributed by atoms with van der Waals surface area (Å²) in [6.07, 6.45) is 0.982. The molecule has 150 valence electrons. The van der Waals surface area contributed by atoms with E-state index in [1.807, 2.05) is 36.4 Å². The van der Waals surface area contributed by atoms with E-state index >= 15 is 0 Å². The molecule has 30 heavy (non-hydrogen) atoms. The van der Waals surface area contributed by atoms with Gasteiger partial charge in [-0.1, -0.05) is 54.6 Å². The Morgan fingerprint density at radius 2 is 1.77 bits per heavy atom. The second-order valence-electron chi connectivity index (χ2n) is 7.62. The average molecular weight is 396 g/mol. The zero-order valence-corrected chi connectivity index (χ0v) is 17.2. The molecule has 0 fully saturated rings. The van der Waals surface area contributed by atoms with Crippen LogP contribution in [0.5, 0.6) is 5.75 Å². The van der Waals surface area contributed by atoms with Crippen LogP contribution in [-0.4, -0.2) is 23.1 Å². The Kier molecular flexibility index (Phi) is 4.71. The van der Waals surface area contributed by atoms with Crippen LogP contribution in [0.15, 0.2) is 72.8 Å². The summed E-state index contributed by atoms with van der Waals surface area (Å²) in [5, 5.41) is 4.48. The van der Waals surface area contributed by atoms with Crippen LogP contribution in [0, 0.1) is 0 Å². The summed E-state index contributed by atoms with van der Waals surface area (Å²) >= 11 is 0. The van der Waals surface area contributed by atoms with Gasteiger partial charge in [-0.15, -0.1) is 0 Å². The molecule has 0 saturated carbocycles. The van der Waals surface area contributed by atoms with Gasteiger partial charge in [0.05, 0.1) is 7.11 Å². The lowest BCUT2D eigenvalue weighted by molar-refractivity contribution is 0.419. The number of hydrogen-bond acceptors (Lipinski definition) is 5. The second-order valence-corrected chi connectivity index (χ2v) is 7.62. The molecule has 1 aliphatic rings. The van der Waals surface area contributed by atoms with Crippen molar-refractivity contribution in [3.05, 3.63) is 83.9 Å². The number of methoxy groups -OCH3 is 1. The van der Waals surface area contributed by atoms with E-state index in [-0.39, 0.29) is 6.04 Å². The SMILES string of the molecule is COc1cccc2c(NCc3ccccc3)nc(N3c4ccccc4CC3C)nc12. The number of hydrogen-bond donors (Lipinski definition) is 1. The minimum absolute atomic E-state index is 0.288. The molecule has 0 amide bonds. The fraction of sp³-hybridized carbons (Fsp3) is 0.200. The molecular formula is C25H24N4O. The van der Waals surface area contributed by atoms with Gasteiger partial charge in [-0.3, -0.25) is 0 Å². The molecule has 0 spiro atoms. The van der Waals surface area contributed by atoms with Gasteiger partial charge < -0.3 is 15.0 Å². The molecule has 1 aromatic heterocycles. The molecule has 3 aromatic carbocycles. The monoisotopic (exact) mass is 396 g/mol. The van der Waals surface area contributed by atoms with Crippen molar-refractivity contribution in [1.29, 1.82) is 0 Å². The third-order valence-corrected chi connectivity index (χ3v) is 5.62. The molecule has 1 atom stereocenters. The molecule has 2 heterocycles. The Morgan fingerprint density at radius 3 is 2.60 bits per heavy atom. The predicted molar refractivity (Wildman–Crippen MR) is 122 cm³/mol. The van der Waals surface area contributed by atoms with Crippen LogP contribution >= 0.6 is 0 Å². The first kappa shape index (κ1) is 18.4. The molecule has 0 bridgehead atoms. The summed E-state index contributed by atoms with van der Waals surface area (Å²) in [5.41, 5.74) is 4.52. The van der Waals surface area contributed by atoms with Crippen molar-refractivity contribution in [2.24, 2.45) is 0 Å². The van der Waals surface area contributed by atoms with E-state index in [2.05, 4.69) is 53.5 Å². The number of benzene rings is 3. The van der Waals surface area contributed by atoms with Gasteiger partial charge in [-0.05, 0) is 42.7 Å². The second kappa shape index (κ2) is 7.67. The van der Waals surface area contributed by atoms with Gasteiger partial charge in [-0.25, -0.2) is 4.98 Å². The summed E-state index contributed by atoms with van der Waals surface area (Å²) in [4.78, 5) is 12.1. The minimum atomic E-state index is 0.288. The Morgan fingerprint density at radius 1 is 0.967 bits per heavy atom. The van der Waals surface area contributed by atoms with E-state index in [0.717, 1.165) is 28.9 Å². The third-order valence-electron chi connectivity index (χ3n) is 5.62. The average Bonchev–Trinajstić information content (AvgIpc) is 3.13. The zero-order chi connectivity index (χ0) is 20.5. The van der Waals surface area contributed by atoms with E-state index in [9.17, 15) is 0 Å². The lowest BCUT2D eigenvalue weighted by Gasteiger charge is -2.24. The lowest BCUT2D eigenvalue weighted by Crippen LogP contribution is -2.26. The van der Waals surface area contributed by atoms with E-state index in [1.165, 1.54) is 16.8 Å². The first-order chi connectivity index (χ1) is 14.7. The van der Waals surface area contributed by atoms with Crippen molar-refractivity contribution >= 4 is 28.4 Å². The summed E-state index contributed by atoms with van der Waals surface area (Å²) in [6.45, 7) is 2.91. The molecule has 1 N–H and O–H groups in total. The summed E-state index contributed by atoms with van der Waals surface area (Å²) in [7, 11) is 1.68. The molecule has 5 nitrogen and oxygen atoms in total. The molecular weight excluding hydrogens is 372 g/mol. The van der Waals surface area contributed by atoms with Crippen molar-refractivity contribution in [2.75, 3.05) is 17.3 Å². The van der Waals surface area contributed by atoms with Gasteiger partial charge in [0.25, 0.3) is 0 Å². The molecule has 5 rings (SSSR count). The van der Waals surface area contributed by atoms with E-state index in [4.69, 9.17) is 14.7 Å². The van der Waals surface area contributed by atoms with Crippen LogP contribution in [0.25, 0.3) is 10.9 Å². The highest BCUT2D eigenvalue weighted by atomic mass is 16.5. The maximum Gasteiger partial charge on any atom is 0.232 e. The van der Waals surface area contributed by atoms with Crippen molar-refractivity contribution in [1.82, 2.24) is 9.97 Å². The molecule has 5 heteroatoms. The Balaban J connectivity index is 1.62. The number of nitrogens with one attached hydrogen (secondary N) is 1. The van der Waals surface area contributed by atoms with Gasteiger partial charge in [0.2, 0.25) is 5.95 Å². The molecule has 0 saturated heterocycles. The van der Waals surface area contributed by atoms with Gasteiger partial charge in [0.1, 0.15) is 17.1 Å². The Labute approximate surface area is 176 Å². The van der Waals surface area contributed by atoms with Crippen LogP contribution in [0.1, 0.15) is 18.1 Å². The summed E-state index contributed by atoms with van der Waals surface area (Å²) < 4.78 is 5.62. The van der Waals surface area contributed by atoms with E-state index < -0.39 is 0 Å². The quantitative estimate of drug-likeness (QED) is 0.494. The van der Waals surface area contributed by atoms with Crippen molar-refractivity contribution in [2.45, 2.75) is 25.9 Å². The zero-order valence-electron chi connectivity index (χ0n) is 17.2. The summed E-state index contributed by atoms with van der Waals surface area (Å²) in [5.74, 6) is 2.26. The minimum Gasteiger partial charge on any atom is -0.494 e. The highest BCUT2D eigenvalue weighted by molar-refractivity contribution is 5.94. The number of aromatic nitrogens is 2. The van der Waals surface area contributed by atoms with Crippen LogP contribution in [-0.2, 0) is 13.0 Å². The van der Waals surface area contributed by atoms with Gasteiger partial charge in [0.15, 0.2) is 0 Å². The first-order valence-electron chi connectivity index (χ1n) is 10.2. The topological polar surface area (TPSA) is 50.3 Å². The van der Waals surface area contributed by atoms with E-state index in [1.54, 1.807) is 7.11 Å². The number of para-hydroxylation sites is 2. The number of rotatable bonds is 5. The standard InChI is InChI=1S/C25H24N4O/c1-17-15-19-11-6-7-13-21(19)29(17)25-27-23-20(12-8-14-22(23)30-2)24(28-25)26-16-18-9-4-3-5-10-18/h3-14,17H,15-16H2,1-2H3,(H,26,27,28). The van der Waals surface area contributed by atoms with Gasteiger partial charge in [-0.2, -0.15) is 4.98 Å². The van der Waals surface area contributed by atoms with Crippen LogP contribution in [0.2, 0.25) is 0 Å². The maximum atomic E-state index is 5.62. The smallest absolute Gasteiger partial charge is 0.232 e. The molecule has 0 aliphatic carbocycles.